The SMILES string of the molecule is CC(C)c1ccc(CNCC(O)COC2CCCC2)cc1. The molecule has 3 heteroatoms. The minimum atomic E-state index is -0.416. The second kappa shape index (κ2) is 8.52. The van der Waals surface area contributed by atoms with Gasteiger partial charge in [-0.25, -0.2) is 0 Å². The monoisotopic (exact) mass is 291 g/mol. The maximum absolute atomic E-state index is 9.92. The van der Waals surface area contributed by atoms with Crippen molar-refractivity contribution < 1.29 is 9.84 Å². The van der Waals surface area contributed by atoms with Crippen molar-refractivity contribution in [1.29, 1.82) is 0 Å². The summed E-state index contributed by atoms with van der Waals surface area (Å²) in [6.07, 6.45) is 4.81. The van der Waals surface area contributed by atoms with E-state index < -0.39 is 6.10 Å². The number of benzene rings is 1. The zero-order chi connectivity index (χ0) is 15.1. The van der Waals surface area contributed by atoms with Crippen LogP contribution in [0.15, 0.2) is 24.3 Å². The molecular weight excluding hydrogens is 262 g/mol. The predicted molar refractivity (Wildman–Crippen MR) is 86.5 cm³/mol. The lowest BCUT2D eigenvalue weighted by molar-refractivity contribution is -0.00549. The van der Waals surface area contributed by atoms with E-state index in [0.717, 1.165) is 19.4 Å². The standard InChI is InChI=1S/C18H29NO2/c1-14(2)16-9-7-15(8-10-16)11-19-12-17(20)13-21-18-5-3-4-6-18/h7-10,14,17-20H,3-6,11-13H2,1-2H3. The van der Waals surface area contributed by atoms with Gasteiger partial charge in [0.25, 0.3) is 0 Å². The van der Waals surface area contributed by atoms with Crippen molar-refractivity contribution in [2.75, 3.05) is 13.2 Å². The minimum Gasteiger partial charge on any atom is -0.389 e. The Balaban J connectivity index is 1.61. The molecule has 0 heterocycles. The van der Waals surface area contributed by atoms with Crippen molar-refractivity contribution in [2.24, 2.45) is 0 Å². The number of nitrogens with one attached hydrogen (secondary N) is 1. The van der Waals surface area contributed by atoms with Gasteiger partial charge in [0.1, 0.15) is 0 Å². The highest BCUT2D eigenvalue weighted by Gasteiger charge is 2.16. The van der Waals surface area contributed by atoms with Gasteiger partial charge in [-0.1, -0.05) is 51.0 Å². The second-order valence-corrected chi connectivity index (χ2v) is 6.42. The Kier molecular flexibility index (Phi) is 6.68. The third-order valence-electron chi connectivity index (χ3n) is 4.18. The summed E-state index contributed by atoms with van der Waals surface area (Å²) in [6.45, 7) is 6.23. The van der Waals surface area contributed by atoms with E-state index in [-0.39, 0.29) is 0 Å². The molecule has 1 unspecified atom stereocenters. The lowest BCUT2D eigenvalue weighted by Crippen LogP contribution is -2.31. The lowest BCUT2D eigenvalue weighted by atomic mass is 10.0. The van der Waals surface area contributed by atoms with Crippen molar-refractivity contribution >= 4 is 0 Å². The normalized spacial score (nSPS) is 17.5. The van der Waals surface area contributed by atoms with Crippen molar-refractivity contribution in [3.05, 3.63) is 35.4 Å². The lowest BCUT2D eigenvalue weighted by Gasteiger charge is -2.16. The van der Waals surface area contributed by atoms with E-state index in [0.29, 0.717) is 25.2 Å². The highest BCUT2D eigenvalue weighted by Crippen LogP contribution is 2.20. The molecule has 1 aliphatic carbocycles. The Labute approximate surface area is 128 Å². The summed E-state index contributed by atoms with van der Waals surface area (Å²) < 4.78 is 5.72. The molecule has 2 rings (SSSR count). The summed E-state index contributed by atoms with van der Waals surface area (Å²) in [5.41, 5.74) is 2.62. The third-order valence-corrected chi connectivity index (χ3v) is 4.18. The highest BCUT2D eigenvalue weighted by atomic mass is 16.5. The molecule has 1 fully saturated rings. The van der Waals surface area contributed by atoms with Crippen LogP contribution in [0.5, 0.6) is 0 Å². The fourth-order valence-electron chi connectivity index (χ4n) is 2.76. The van der Waals surface area contributed by atoms with Crippen molar-refractivity contribution in [3.8, 4) is 0 Å². The molecule has 0 radical (unpaired) electrons. The molecule has 3 nitrogen and oxygen atoms in total. The van der Waals surface area contributed by atoms with Crippen LogP contribution in [-0.2, 0) is 11.3 Å². The molecular formula is C18H29NO2. The molecule has 2 N–H and O–H groups in total. The van der Waals surface area contributed by atoms with E-state index in [1.165, 1.54) is 24.0 Å². The number of ether oxygens (including phenoxy) is 1. The second-order valence-electron chi connectivity index (χ2n) is 6.42. The number of hydrogen-bond donors (Lipinski definition) is 2. The number of hydrogen-bond acceptors (Lipinski definition) is 3. The molecule has 0 bridgehead atoms. The average Bonchev–Trinajstić information content (AvgIpc) is 2.99. The number of aliphatic hydroxyl groups is 1. The van der Waals surface area contributed by atoms with Crippen molar-refractivity contribution in [1.82, 2.24) is 5.32 Å². The minimum absolute atomic E-state index is 0.378. The van der Waals surface area contributed by atoms with Gasteiger partial charge in [-0.3, -0.25) is 0 Å². The molecule has 0 spiro atoms. The van der Waals surface area contributed by atoms with Crippen LogP contribution in [0.4, 0.5) is 0 Å². The quantitative estimate of drug-likeness (QED) is 0.773. The summed E-state index contributed by atoms with van der Waals surface area (Å²) in [4.78, 5) is 0. The largest absolute Gasteiger partial charge is 0.389 e. The van der Waals surface area contributed by atoms with Gasteiger partial charge in [0, 0.05) is 13.1 Å². The predicted octanol–water partition coefficient (Wildman–Crippen LogP) is 3.22. The first kappa shape index (κ1) is 16.5. The van der Waals surface area contributed by atoms with Crippen LogP contribution in [0.3, 0.4) is 0 Å². The van der Waals surface area contributed by atoms with Crippen LogP contribution in [0.1, 0.15) is 56.6 Å². The Morgan fingerprint density at radius 1 is 1.19 bits per heavy atom. The molecule has 0 amide bonds. The molecule has 0 aromatic heterocycles. The van der Waals surface area contributed by atoms with Crippen molar-refractivity contribution in [2.45, 2.75) is 64.2 Å². The van der Waals surface area contributed by atoms with Crippen LogP contribution < -0.4 is 5.32 Å². The van der Waals surface area contributed by atoms with E-state index in [4.69, 9.17) is 4.74 Å². The van der Waals surface area contributed by atoms with Gasteiger partial charge in [-0.2, -0.15) is 0 Å². The third kappa shape index (κ3) is 5.77. The van der Waals surface area contributed by atoms with Crippen molar-refractivity contribution in [3.63, 3.8) is 0 Å². The summed E-state index contributed by atoms with van der Waals surface area (Å²) in [6, 6.07) is 8.68. The zero-order valence-electron chi connectivity index (χ0n) is 13.3. The number of rotatable bonds is 8. The molecule has 1 aromatic carbocycles. The summed E-state index contributed by atoms with van der Waals surface area (Å²) in [5.74, 6) is 0.571. The van der Waals surface area contributed by atoms with Gasteiger partial charge in [0.15, 0.2) is 0 Å². The molecule has 1 saturated carbocycles. The van der Waals surface area contributed by atoms with Gasteiger partial charge in [0.05, 0.1) is 18.8 Å². The molecule has 0 saturated heterocycles. The van der Waals surface area contributed by atoms with E-state index in [2.05, 4.69) is 43.4 Å². The fraction of sp³-hybridized carbons (Fsp3) is 0.667. The maximum Gasteiger partial charge on any atom is 0.0897 e. The van der Waals surface area contributed by atoms with Gasteiger partial charge >= 0.3 is 0 Å². The van der Waals surface area contributed by atoms with Gasteiger partial charge in [0.2, 0.25) is 0 Å². The fourth-order valence-corrected chi connectivity index (χ4v) is 2.76. The summed E-state index contributed by atoms with van der Waals surface area (Å²) in [5, 5.41) is 13.2. The van der Waals surface area contributed by atoms with Crippen LogP contribution in [0.2, 0.25) is 0 Å². The van der Waals surface area contributed by atoms with E-state index in [9.17, 15) is 5.11 Å². The van der Waals surface area contributed by atoms with Gasteiger partial charge < -0.3 is 15.2 Å². The Morgan fingerprint density at radius 3 is 2.48 bits per heavy atom. The van der Waals surface area contributed by atoms with Gasteiger partial charge in [-0.15, -0.1) is 0 Å². The van der Waals surface area contributed by atoms with Crippen LogP contribution in [-0.4, -0.2) is 30.5 Å². The van der Waals surface area contributed by atoms with E-state index in [1.807, 2.05) is 0 Å². The molecule has 0 aliphatic heterocycles. The summed E-state index contributed by atoms with van der Waals surface area (Å²) >= 11 is 0. The first-order chi connectivity index (χ1) is 10.1. The Hall–Kier alpha value is -0.900. The van der Waals surface area contributed by atoms with E-state index >= 15 is 0 Å². The molecule has 1 atom stereocenters. The average molecular weight is 291 g/mol. The van der Waals surface area contributed by atoms with E-state index in [1.54, 1.807) is 0 Å². The summed E-state index contributed by atoms with van der Waals surface area (Å²) in [7, 11) is 0. The van der Waals surface area contributed by atoms with Crippen LogP contribution >= 0.6 is 0 Å². The molecule has 1 aliphatic rings. The molecule has 1 aromatic rings. The van der Waals surface area contributed by atoms with Crippen LogP contribution in [0, 0.1) is 0 Å². The highest BCUT2D eigenvalue weighted by molar-refractivity contribution is 5.24. The smallest absolute Gasteiger partial charge is 0.0897 e. The first-order valence-corrected chi connectivity index (χ1v) is 8.24. The zero-order valence-corrected chi connectivity index (χ0v) is 13.3. The maximum atomic E-state index is 9.92. The molecule has 21 heavy (non-hydrogen) atoms. The first-order valence-electron chi connectivity index (χ1n) is 8.24. The Morgan fingerprint density at radius 2 is 1.86 bits per heavy atom. The number of aliphatic hydroxyl groups excluding tert-OH is 1. The van der Waals surface area contributed by atoms with Crippen LogP contribution in [0.25, 0.3) is 0 Å². The molecule has 118 valence electrons. The van der Waals surface area contributed by atoms with Gasteiger partial charge in [-0.05, 0) is 29.9 Å². The topological polar surface area (TPSA) is 41.5 Å². The Bertz CT molecular complexity index is 396.